The van der Waals surface area contributed by atoms with Crippen LogP contribution in [0.3, 0.4) is 0 Å². The summed E-state index contributed by atoms with van der Waals surface area (Å²) in [4.78, 5) is 15.2. The van der Waals surface area contributed by atoms with Gasteiger partial charge in [-0.2, -0.15) is 0 Å². The number of nitrogens with zero attached hydrogens (tertiary/aromatic N) is 4. The summed E-state index contributed by atoms with van der Waals surface area (Å²) >= 11 is 5.25. The molecule has 1 N–H and O–H groups in total. The number of nitrogens with one attached hydrogen (secondary N) is 1. The van der Waals surface area contributed by atoms with Crippen molar-refractivity contribution < 1.29 is 0 Å². The van der Waals surface area contributed by atoms with Crippen LogP contribution in [0.25, 0.3) is 0 Å². The summed E-state index contributed by atoms with van der Waals surface area (Å²) in [5, 5.41) is 6.45. The van der Waals surface area contributed by atoms with E-state index in [1.165, 1.54) is 0 Å². The van der Waals surface area contributed by atoms with Crippen LogP contribution in [-0.2, 0) is 6.54 Å². The molecular formula is C13H18BrN5S. The van der Waals surface area contributed by atoms with E-state index >= 15 is 0 Å². The second-order valence-corrected chi connectivity index (χ2v) is 6.36. The highest BCUT2D eigenvalue weighted by atomic mass is 79.9. The van der Waals surface area contributed by atoms with E-state index in [0.717, 1.165) is 46.3 Å². The summed E-state index contributed by atoms with van der Waals surface area (Å²) in [6.45, 7) is 5.76. The normalized spacial score (nSPS) is 10.6. The van der Waals surface area contributed by atoms with Gasteiger partial charge in [0.15, 0.2) is 0 Å². The van der Waals surface area contributed by atoms with Crippen molar-refractivity contribution in [1.29, 1.82) is 0 Å². The Morgan fingerprint density at radius 1 is 1.40 bits per heavy atom. The van der Waals surface area contributed by atoms with Crippen LogP contribution in [-0.4, -0.2) is 28.5 Å². The third kappa shape index (κ3) is 3.67. The van der Waals surface area contributed by atoms with Crippen LogP contribution in [0.15, 0.2) is 16.2 Å². The molecule has 0 aliphatic rings. The Morgan fingerprint density at radius 3 is 2.85 bits per heavy atom. The van der Waals surface area contributed by atoms with Crippen molar-refractivity contribution in [1.82, 2.24) is 15.0 Å². The molecule has 0 saturated carbocycles. The average Bonchev–Trinajstić information content (AvgIpc) is 2.83. The molecule has 0 radical (unpaired) electrons. The molecular weight excluding hydrogens is 338 g/mol. The van der Waals surface area contributed by atoms with E-state index in [4.69, 9.17) is 0 Å². The van der Waals surface area contributed by atoms with Crippen molar-refractivity contribution in [3.05, 3.63) is 26.9 Å². The van der Waals surface area contributed by atoms with Gasteiger partial charge in [-0.15, -0.1) is 11.3 Å². The Morgan fingerprint density at radius 2 is 2.20 bits per heavy atom. The highest BCUT2D eigenvalue weighted by molar-refractivity contribution is 9.10. The average molecular weight is 356 g/mol. The second-order valence-electron chi connectivity index (χ2n) is 4.50. The molecule has 0 spiro atoms. The van der Waals surface area contributed by atoms with Gasteiger partial charge in [0.05, 0.1) is 17.2 Å². The van der Waals surface area contributed by atoms with Gasteiger partial charge < -0.3 is 10.2 Å². The molecule has 0 bridgehead atoms. The van der Waals surface area contributed by atoms with Crippen LogP contribution in [0.1, 0.15) is 24.0 Å². The van der Waals surface area contributed by atoms with Crippen LogP contribution in [0.5, 0.6) is 0 Å². The van der Waals surface area contributed by atoms with Crippen molar-refractivity contribution in [2.45, 2.75) is 26.8 Å². The van der Waals surface area contributed by atoms with Gasteiger partial charge in [0, 0.05) is 19.0 Å². The van der Waals surface area contributed by atoms with Crippen molar-refractivity contribution in [3.63, 3.8) is 0 Å². The number of aryl methyl sites for hydroxylation is 1. The first-order valence-electron chi connectivity index (χ1n) is 6.48. The summed E-state index contributed by atoms with van der Waals surface area (Å²) in [5.41, 5.74) is 1.06. The fourth-order valence-electron chi connectivity index (χ4n) is 1.79. The quantitative estimate of drug-likeness (QED) is 0.859. The van der Waals surface area contributed by atoms with E-state index in [9.17, 15) is 0 Å². The molecule has 5 nitrogen and oxygen atoms in total. The maximum atomic E-state index is 4.48. The van der Waals surface area contributed by atoms with Crippen molar-refractivity contribution in [3.8, 4) is 0 Å². The van der Waals surface area contributed by atoms with Gasteiger partial charge in [-0.3, -0.25) is 0 Å². The molecule has 2 rings (SSSR count). The van der Waals surface area contributed by atoms with Gasteiger partial charge in [0.2, 0.25) is 0 Å². The molecule has 0 atom stereocenters. The molecule has 0 aromatic carbocycles. The van der Waals surface area contributed by atoms with Gasteiger partial charge in [-0.1, -0.05) is 6.92 Å². The van der Waals surface area contributed by atoms with E-state index in [0.29, 0.717) is 0 Å². The lowest BCUT2D eigenvalue weighted by atomic mass is 10.4. The Labute approximate surface area is 131 Å². The molecule has 0 amide bonds. The minimum atomic E-state index is 0.729. The fourth-order valence-corrected chi connectivity index (χ4v) is 3.04. The lowest BCUT2D eigenvalue weighted by molar-refractivity contribution is 0.859. The van der Waals surface area contributed by atoms with Gasteiger partial charge in [0.1, 0.15) is 22.4 Å². The van der Waals surface area contributed by atoms with Crippen LogP contribution in [0, 0.1) is 6.92 Å². The van der Waals surface area contributed by atoms with E-state index in [1.54, 1.807) is 17.7 Å². The number of anilines is 2. The molecule has 2 aromatic heterocycles. The summed E-state index contributed by atoms with van der Waals surface area (Å²) in [5.74, 6) is 1.70. The van der Waals surface area contributed by atoms with Crippen molar-refractivity contribution >= 4 is 38.9 Å². The topological polar surface area (TPSA) is 53.9 Å². The number of hydrogen-bond donors (Lipinski definition) is 1. The first-order valence-corrected chi connectivity index (χ1v) is 8.15. The van der Waals surface area contributed by atoms with Crippen molar-refractivity contribution in [2.24, 2.45) is 0 Å². The third-order valence-electron chi connectivity index (χ3n) is 2.74. The molecule has 7 heteroatoms. The standard InChI is InChI=1S/C13H18BrN5S/c1-4-5-15-12-11(14)13(17-8-16-12)19(3)6-10-7-20-9(2)18-10/h7-8H,4-6H2,1-3H3,(H,15,16,17). The van der Waals surface area contributed by atoms with Gasteiger partial charge in [-0.25, -0.2) is 15.0 Å². The highest BCUT2D eigenvalue weighted by Gasteiger charge is 2.13. The first kappa shape index (κ1) is 15.2. The molecule has 0 aliphatic carbocycles. The monoisotopic (exact) mass is 355 g/mol. The predicted octanol–water partition coefficient (Wildman–Crippen LogP) is 3.46. The van der Waals surface area contributed by atoms with E-state index in [1.807, 2.05) is 14.0 Å². The Balaban J connectivity index is 2.14. The molecule has 108 valence electrons. The second kappa shape index (κ2) is 6.99. The molecule has 0 unspecified atom stereocenters. The molecule has 2 heterocycles. The lowest BCUT2D eigenvalue weighted by Crippen LogP contribution is -2.19. The number of rotatable bonds is 6. The number of hydrogen-bond acceptors (Lipinski definition) is 6. The van der Waals surface area contributed by atoms with E-state index < -0.39 is 0 Å². The van der Waals surface area contributed by atoms with Crippen LogP contribution >= 0.6 is 27.3 Å². The molecule has 0 saturated heterocycles. The zero-order chi connectivity index (χ0) is 14.5. The minimum Gasteiger partial charge on any atom is -0.369 e. The Bertz CT molecular complexity index is 572. The number of thiazole rings is 1. The van der Waals surface area contributed by atoms with E-state index in [2.05, 4.69) is 53.4 Å². The van der Waals surface area contributed by atoms with Gasteiger partial charge in [-0.05, 0) is 29.3 Å². The maximum absolute atomic E-state index is 4.48. The van der Waals surface area contributed by atoms with Crippen LogP contribution in [0.4, 0.5) is 11.6 Å². The van der Waals surface area contributed by atoms with Gasteiger partial charge >= 0.3 is 0 Å². The van der Waals surface area contributed by atoms with Gasteiger partial charge in [0.25, 0.3) is 0 Å². The summed E-state index contributed by atoms with van der Waals surface area (Å²) in [6.07, 6.45) is 2.64. The molecule has 2 aromatic rings. The zero-order valence-corrected chi connectivity index (χ0v) is 14.3. The zero-order valence-electron chi connectivity index (χ0n) is 11.9. The summed E-state index contributed by atoms with van der Waals surface area (Å²) in [6, 6.07) is 0. The predicted molar refractivity (Wildman–Crippen MR) is 87.5 cm³/mol. The number of halogens is 1. The largest absolute Gasteiger partial charge is 0.369 e. The SMILES string of the molecule is CCCNc1ncnc(N(C)Cc2csc(C)n2)c1Br. The molecule has 20 heavy (non-hydrogen) atoms. The fraction of sp³-hybridized carbons (Fsp3) is 0.462. The summed E-state index contributed by atoms with van der Waals surface area (Å²) in [7, 11) is 2.01. The van der Waals surface area contributed by atoms with E-state index in [-0.39, 0.29) is 0 Å². The van der Waals surface area contributed by atoms with Crippen LogP contribution < -0.4 is 10.2 Å². The van der Waals surface area contributed by atoms with Crippen LogP contribution in [0.2, 0.25) is 0 Å². The lowest BCUT2D eigenvalue weighted by Gasteiger charge is -2.19. The first-order chi connectivity index (χ1) is 9.61. The maximum Gasteiger partial charge on any atom is 0.148 e. The molecule has 0 fully saturated rings. The summed E-state index contributed by atoms with van der Waals surface area (Å²) < 4.78 is 0.892. The smallest absolute Gasteiger partial charge is 0.148 e. The Kier molecular flexibility index (Phi) is 5.31. The number of aromatic nitrogens is 3. The third-order valence-corrected chi connectivity index (χ3v) is 4.29. The Hall–Kier alpha value is -1.21. The molecule has 0 aliphatic heterocycles. The highest BCUT2D eigenvalue weighted by Crippen LogP contribution is 2.29. The minimum absolute atomic E-state index is 0.729. The van der Waals surface area contributed by atoms with Crippen molar-refractivity contribution in [2.75, 3.05) is 23.8 Å².